The Morgan fingerprint density at radius 1 is 1.19 bits per heavy atom. The van der Waals surface area contributed by atoms with E-state index in [9.17, 15) is 4.79 Å². The van der Waals surface area contributed by atoms with Crippen LogP contribution in [0.5, 0.6) is 0 Å². The third-order valence-corrected chi connectivity index (χ3v) is 4.79. The topological polar surface area (TPSA) is 44.8 Å². The zero-order valence-electron chi connectivity index (χ0n) is 13.9. The van der Waals surface area contributed by atoms with Crippen LogP contribution in [0.4, 0.5) is 0 Å². The number of carbonyl (C=O) groups is 1. The van der Waals surface area contributed by atoms with Gasteiger partial charge in [-0.3, -0.25) is 4.90 Å². The number of nitrogens with zero attached hydrogens (tertiary/aromatic N) is 2. The van der Waals surface area contributed by atoms with Crippen LogP contribution in [-0.4, -0.2) is 74.2 Å². The highest BCUT2D eigenvalue weighted by Crippen LogP contribution is 2.41. The molecule has 0 aromatic carbocycles. The first-order valence-electron chi connectivity index (χ1n) is 8.44. The molecule has 0 aromatic rings. The Bertz CT molecular complexity index is 338. The van der Waals surface area contributed by atoms with Crippen molar-refractivity contribution < 1.29 is 9.53 Å². The van der Waals surface area contributed by atoms with Crippen molar-refractivity contribution in [3.63, 3.8) is 0 Å². The molecule has 1 N–H and O–H groups in total. The summed E-state index contributed by atoms with van der Waals surface area (Å²) in [5.41, 5.74) is -0.490. The van der Waals surface area contributed by atoms with Crippen molar-refractivity contribution in [2.24, 2.45) is 5.92 Å². The summed E-state index contributed by atoms with van der Waals surface area (Å²) >= 11 is 0. The highest BCUT2D eigenvalue weighted by Gasteiger charge is 2.52. The molecule has 0 aromatic heterocycles. The van der Waals surface area contributed by atoms with Crippen LogP contribution in [0.15, 0.2) is 0 Å². The monoisotopic (exact) mass is 297 g/mol. The van der Waals surface area contributed by atoms with E-state index in [2.05, 4.69) is 29.0 Å². The van der Waals surface area contributed by atoms with Gasteiger partial charge < -0.3 is 15.0 Å². The summed E-state index contributed by atoms with van der Waals surface area (Å²) in [5.74, 6) is 0.362. The number of ether oxygens (including phenoxy) is 1. The number of esters is 1. The zero-order valence-corrected chi connectivity index (χ0v) is 13.9. The van der Waals surface area contributed by atoms with Gasteiger partial charge in [-0.25, -0.2) is 4.79 Å². The first-order chi connectivity index (χ1) is 10.2. The minimum atomic E-state index is -0.490. The van der Waals surface area contributed by atoms with E-state index >= 15 is 0 Å². The van der Waals surface area contributed by atoms with E-state index in [0.717, 1.165) is 52.1 Å². The van der Waals surface area contributed by atoms with Gasteiger partial charge in [-0.05, 0) is 38.3 Å². The van der Waals surface area contributed by atoms with Crippen LogP contribution in [0.25, 0.3) is 0 Å². The van der Waals surface area contributed by atoms with Crippen LogP contribution in [0.3, 0.4) is 0 Å². The quantitative estimate of drug-likeness (QED) is 0.676. The molecule has 1 atom stereocenters. The maximum atomic E-state index is 12.4. The normalized spacial score (nSPS) is 23.8. The number of likely N-dealkylation sites (N-methyl/N-ethyl adjacent to an activating group) is 1. The van der Waals surface area contributed by atoms with Gasteiger partial charge in [0.05, 0.1) is 7.11 Å². The maximum absolute atomic E-state index is 12.4. The molecule has 0 bridgehead atoms. The first-order valence-corrected chi connectivity index (χ1v) is 8.44. The lowest BCUT2D eigenvalue weighted by Gasteiger charge is -2.41. The summed E-state index contributed by atoms with van der Waals surface area (Å²) in [6.45, 7) is 11.4. The fraction of sp³-hybridized carbons (Fsp3) is 0.938. The van der Waals surface area contributed by atoms with Gasteiger partial charge in [0, 0.05) is 32.7 Å². The van der Waals surface area contributed by atoms with E-state index in [0.29, 0.717) is 5.92 Å². The van der Waals surface area contributed by atoms with Gasteiger partial charge in [-0.15, -0.1) is 0 Å². The molecule has 1 aliphatic heterocycles. The predicted octanol–water partition coefficient (Wildman–Crippen LogP) is 0.945. The number of piperazine rings is 1. The Labute approximate surface area is 129 Å². The fourth-order valence-electron chi connectivity index (χ4n) is 3.55. The van der Waals surface area contributed by atoms with Gasteiger partial charge in [0.15, 0.2) is 0 Å². The molecule has 0 spiro atoms. The number of rotatable bonds is 8. The van der Waals surface area contributed by atoms with Crippen molar-refractivity contribution in [1.29, 1.82) is 0 Å². The smallest absolute Gasteiger partial charge is 0.327 e. The van der Waals surface area contributed by atoms with Gasteiger partial charge >= 0.3 is 5.97 Å². The second kappa shape index (κ2) is 7.56. The van der Waals surface area contributed by atoms with E-state index in [1.54, 1.807) is 0 Å². The number of hydrogen-bond acceptors (Lipinski definition) is 5. The highest BCUT2D eigenvalue weighted by atomic mass is 16.5. The average Bonchev–Trinajstić information content (AvgIpc) is 3.33. The molecule has 1 saturated heterocycles. The van der Waals surface area contributed by atoms with Crippen LogP contribution in [0, 0.1) is 5.92 Å². The third-order valence-electron chi connectivity index (χ3n) is 4.79. The Kier molecular flexibility index (Phi) is 6.02. The molecule has 5 nitrogen and oxygen atoms in total. The van der Waals surface area contributed by atoms with Crippen LogP contribution < -0.4 is 5.32 Å². The van der Waals surface area contributed by atoms with Crippen LogP contribution in [0.1, 0.15) is 33.1 Å². The molecular weight excluding hydrogens is 266 g/mol. The van der Waals surface area contributed by atoms with Crippen molar-refractivity contribution >= 4 is 5.97 Å². The summed E-state index contributed by atoms with van der Waals surface area (Å²) in [6.07, 6.45) is 3.49. The van der Waals surface area contributed by atoms with E-state index < -0.39 is 5.54 Å². The SMILES string of the molecule is CCCN1CCN(CC(NCC)(C(=O)OC)C2CC2)CC1. The Hall–Kier alpha value is -0.650. The van der Waals surface area contributed by atoms with E-state index in [4.69, 9.17) is 4.74 Å². The fourth-order valence-corrected chi connectivity index (χ4v) is 3.55. The zero-order chi connectivity index (χ0) is 15.3. The first kappa shape index (κ1) is 16.7. The highest BCUT2D eigenvalue weighted by molar-refractivity contribution is 5.82. The van der Waals surface area contributed by atoms with Gasteiger partial charge in [0.2, 0.25) is 0 Å². The lowest BCUT2D eigenvalue weighted by atomic mass is 9.91. The van der Waals surface area contributed by atoms with E-state index in [1.165, 1.54) is 20.1 Å². The Balaban J connectivity index is 1.97. The maximum Gasteiger partial charge on any atom is 0.327 e. The summed E-state index contributed by atoms with van der Waals surface area (Å²) in [4.78, 5) is 17.4. The number of methoxy groups -OCH3 is 1. The van der Waals surface area contributed by atoms with Gasteiger partial charge in [0.1, 0.15) is 5.54 Å². The molecule has 122 valence electrons. The molecule has 21 heavy (non-hydrogen) atoms. The molecule has 1 saturated carbocycles. The van der Waals surface area contributed by atoms with Crippen molar-refractivity contribution in [3.05, 3.63) is 0 Å². The summed E-state index contributed by atoms with van der Waals surface area (Å²) < 4.78 is 5.13. The van der Waals surface area contributed by atoms with Crippen LogP contribution >= 0.6 is 0 Å². The molecule has 2 rings (SSSR count). The second-order valence-corrected chi connectivity index (χ2v) is 6.39. The summed E-state index contributed by atoms with van der Waals surface area (Å²) in [6, 6.07) is 0. The lowest BCUT2D eigenvalue weighted by Crippen LogP contribution is -2.63. The second-order valence-electron chi connectivity index (χ2n) is 6.39. The Morgan fingerprint density at radius 3 is 2.29 bits per heavy atom. The van der Waals surface area contributed by atoms with Crippen LogP contribution in [0.2, 0.25) is 0 Å². The number of carbonyl (C=O) groups excluding carboxylic acids is 1. The molecule has 1 aliphatic carbocycles. The summed E-state index contributed by atoms with van der Waals surface area (Å²) in [7, 11) is 1.51. The van der Waals surface area contributed by atoms with Gasteiger partial charge in [-0.2, -0.15) is 0 Å². The number of hydrogen-bond donors (Lipinski definition) is 1. The van der Waals surface area contributed by atoms with Crippen LogP contribution in [-0.2, 0) is 9.53 Å². The molecule has 1 heterocycles. The van der Waals surface area contributed by atoms with Gasteiger partial charge in [-0.1, -0.05) is 13.8 Å². The largest absolute Gasteiger partial charge is 0.468 e. The molecule has 1 unspecified atom stereocenters. The molecule has 0 amide bonds. The van der Waals surface area contributed by atoms with Gasteiger partial charge in [0.25, 0.3) is 0 Å². The minimum Gasteiger partial charge on any atom is -0.468 e. The minimum absolute atomic E-state index is 0.0807. The van der Waals surface area contributed by atoms with E-state index in [-0.39, 0.29) is 5.97 Å². The molecule has 2 fully saturated rings. The molecule has 5 heteroatoms. The third kappa shape index (κ3) is 3.96. The average molecular weight is 297 g/mol. The van der Waals surface area contributed by atoms with Crippen molar-refractivity contribution in [3.8, 4) is 0 Å². The Morgan fingerprint density at radius 2 is 1.81 bits per heavy atom. The van der Waals surface area contributed by atoms with E-state index in [1.807, 2.05) is 0 Å². The van der Waals surface area contributed by atoms with Crippen molar-refractivity contribution in [2.45, 2.75) is 38.6 Å². The lowest BCUT2D eigenvalue weighted by molar-refractivity contribution is -0.151. The molecule has 0 radical (unpaired) electrons. The number of nitrogens with one attached hydrogen (secondary N) is 1. The summed E-state index contributed by atoms with van der Waals surface area (Å²) in [5, 5.41) is 3.46. The molecule has 2 aliphatic rings. The molecular formula is C16H31N3O2. The standard InChI is InChI=1S/C16H31N3O2/c1-4-8-18-9-11-19(12-10-18)13-16(17-5-2,14-6-7-14)15(20)21-3/h14,17H,4-13H2,1-3H3. The van der Waals surface area contributed by atoms with Crippen molar-refractivity contribution in [2.75, 3.05) is 52.9 Å². The predicted molar refractivity (Wildman–Crippen MR) is 84.3 cm³/mol. The van der Waals surface area contributed by atoms with Crippen molar-refractivity contribution in [1.82, 2.24) is 15.1 Å².